The number of piperidine rings is 1. The molecule has 2 aromatic carbocycles. The van der Waals surface area contributed by atoms with E-state index in [2.05, 4.69) is 10.0 Å². The van der Waals surface area contributed by atoms with Gasteiger partial charge in [-0.3, -0.25) is 9.52 Å². The molecular weight excluding hydrogens is 452 g/mol. The molecule has 1 aliphatic heterocycles. The summed E-state index contributed by atoms with van der Waals surface area (Å²) in [7, 11) is -4.27. The average Bonchev–Trinajstić information content (AvgIpc) is 2.74. The Morgan fingerprint density at radius 3 is 2.16 bits per heavy atom. The predicted molar refractivity (Wildman–Crippen MR) is 124 cm³/mol. The number of carbonyl (C=O) groups is 1. The van der Waals surface area contributed by atoms with Crippen LogP contribution in [0.4, 0.5) is 11.4 Å². The number of hydrogen-bond acceptors (Lipinski definition) is 5. The van der Waals surface area contributed by atoms with Crippen molar-refractivity contribution in [1.29, 1.82) is 0 Å². The van der Waals surface area contributed by atoms with Crippen molar-refractivity contribution < 1.29 is 21.6 Å². The van der Waals surface area contributed by atoms with E-state index in [-0.39, 0.29) is 29.8 Å². The molecule has 0 atom stereocenters. The first-order valence-electron chi connectivity index (χ1n) is 10.2. The lowest BCUT2D eigenvalue weighted by Gasteiger charge is -2.32. The van der Waals surface area contributed by atoms with Crippen molar-refractivity contribution in [3.8, 4) is 0 Å². The third-order valence-corrected chi connectivity index (χ3v) is 8.65. The van der Waals surface area contributed by atoms with Crippen LogP contribution in [0.2, 0.25) is 0 Å². The normalized spacial score (nSPS) is 16.1. The second-order valence-corrected chi connectivity index (χ2v) is 11.8. The van der Waals surface area contributed by atoms with Gasteiger partial charge in [-0.25, -0.2) is 8.42 Å². The third kappa shape index (κ3) is 5.66. The molecule has 11 heteroatoms. The van der Waals surface area contributed by atoms with Crippen LogP contribution in [0, 0.1) is 12.8 Å². The Balaban J connectivity index is 1.59. The van der Waals surface area contributed by atoms with Crippen molar-refractivity contribution in [3.05, 3.63) is 54.1 Å². The standard InChI is InChI=1S/C21H28N4O5S2/c1-16-5-4-6-19(15-16)23-31(27,28)20-9-7-18(8-10-20)22-21(26)17-11-13-25(14-12-17)32(29,30)24(2)3/h4-10,15,17,23H,11-14H2,1-3H3,(H,22,26). The summed E-state index contributed by atoms with van der Waals surface area (Å²) in [5, 5.41) is 2.79. The second-order valence-electron chi connectivity index (χ2n) is 7.95. The summed E-state index contributed by atoms with van der Waals surface area (Å²) in [5.41, 5.74) is 1.89. The molecule has 0 bridgehead atoms. The number of sulfonamides is 1. The average molecular weight is 481 g/mol. The monoisotopic (exact) mass is 480 g/mol. The first-order chi connectivity index (χ1) is 15.0. The lowest BCUT2D eigenvalue weighted by Crippen LogP contribution is -2.46. The fraction of sp³-hybridized carbons (Fsp3) is 0.381. The quantitative estimate of drug-likeness (QED) is 0.631. The van der Waals surface area contributed by atoms with E-state index < -0.39 is 20.2 Å². The van der Waals surface area contributed by atoms with Gasteiger partial charge in [0, 0.05) is 44.5 Å². The van der Waals surface area contributed by atoms with Gasteiger partial charge in [0.2, 0.25) is 5.91 Å². The lowest BCUT2D eigenvalue weighted by molar-refractivity contribution is -0.120. The zero-order valence-electron chi connectivity index (χ0n) is 18.3. The predicted octanol–water partition coefficient (Wildman–Crippen LogP) is 2.25. The number of carbonyl (C=O) groups excluding carboxylic acids is 1. The van der Waals surface area contributed by atoms with E-state index in [1.807, 2.05) is 13.0 Å². The molecule has 3 rings (SSSR count). The molecule has 1 aliphatic rings. The Morgan fingerprint density at radius 2 is 1.59 bits per heavy atom. The maximum absolute atomic E-state index is 12.6. The van der Waals surface area contributed by atoms with Gasteiger partial charge >= 0.3 is 0 Å². The summed E-state index contributed by atoms with van der Waals surface area (Å²) in [6.07, 6.45) is 0.845. The molecule has 2 aromatic rings. The van der Waals surface area contributed by atoms with Crippen LogP contribution in [-0.2, 0) is 25.0 Å². The van der Waals surface area contributed by atoms with Gasteiger partial charge in [-0.2, -0.15) is 17.0 Å². The molecule has 0 unspecified atom stereocenters. The first kappa shape index (κ1) is 24.2. The zero-order chi connectivity index (χ0) is 23.5. The van der Waals surface area contributed by atoms with E-state index in [0.29, 0.717) is 24.2 Å². The fourth-order valence-corrected chi connectivity index (χ4v) is 5.65. The van der Waals surface area contributed by atoms with E-state index in [0.717, 1.165) is 9.87 Å². The minimum Gasteiger partial charge on any atom is -0.326 e. The van der Waals surface area contributed by atoms with Crippen LogP contribution >= 0.6 is 0 Å². The molecule has 9 nitrogen and oxygen atoms in total. The topological polar surface area (TPSA) is 116 Å². The van der Waals surface area contributed by atoms with Gasteiger partial charge in [0.1, 0.15) is 0 Å². The van der Waals surface area contributed by atoms with Crippen molar-refractivity contribution in [2.75, 3.05) is 37.2 Å². The molecule has 1 saturated heterocycles. The van der Waals surface area contributed by atoms with Crippen molar-refractivity contribution in [2.24, 2.45) is 5.92 Å². The minimum atomic E-state index is -3.75. The number of rotatable bonds is 7. The van der Waals surface area contributed by atoms with Gasteiger partial charge in [-0.05, 0) is 61.7 Å². The van der Waals surface area contributed by atoms with Crippen LogP contribution in [0.25, 0.3) is 0 Å². The smallest absolute Gasteiger partial charge is 0.281 e. The highest BCUT2D eigenvalue weighted by Gasteiger charge is 2.32. The van der Waals surface area contributed by atoms with Crippen molar-refractivity contribution >= 4 is 37.5 Å². The van der Waals surface area contributed by atoms with Gasteiger partial charge in [0.05, 0.1) is 4.90 Å². The molecule has 0 aromatic heterocycles. The van der Waals surface area contributed by atoms with Gasteiger partial charge in [0.15, 0.2) is 0 Å². The molecule has 32 heavy (non-hydrogen) atoms. The molecule has 1 fully saturated rings. The van der Waals surface area contributed by atoms with E-state index >= 15 is 0 Å². The number of nitrogens with one attached hydrogen (secondary N) is 2. The summed E-state index contributed by atoms with van der Waals surface area (Å²) in [5.74, 6) is -0.518. The number of hydrogen-bond donors (Lipinski definition) is 2. The summed E-state index contributed by atoms with van der Waals surface area (Å²) in [4.78, 5) is 12.7. The maximum atomic E-state index is 12.6. The molecule has 0 saturated carbocycles. The molecule has 0 radical (unpaired) electrons. The SMILES string of the molecule is Cc1cccc(NS(=O)(=O)c2ccc(NC(=O)C3CCN(S(=O)(=O)N(C)C)CC3)cc2)c1. The van der Waals surface area contributed by atoms with E-state index in [9.17, 15) is 21.6 Å². The Morgan fingerprint density at radius 1 is 0.969 bits per heavy atom. The van der Waals surface area contributed by atoms with E-state index in [1.165, 1.54) is 42.7 Å². The largest absolute Gasteiger partial charge is 0.326 e. The maximum Gasteiger partial charge on any atom is 0.281 e. The molecule has 1 heterocycles. The molecular formula is C21H28N4O5S2. The van der Waals surface area contributed by atoms with Gasteiger partial charge < -0.3 is 5.32 Å². The Hall–Kier alpha value is -2.47. The number of aryl methyl sites for hydroxylation is 1. The number of nitrogens with zero attached hydrogens (tertiary/aromatic N) is 2. The third-order valence-electron chi connectivity index (χ3n) is 5.31. The van der Waals surface area contributed by atoms with Gasteiger partial charge in [-0.15, -0.1) is 0 Å². The lowest BCUT2D eigenvalue weighted by atomic mass is 9.97. The van der Waals surface area contributed by atoms with Crippen LogP contribution in [0.3, 0.4) is 0 Å². The number of anilines is 2. The second kappa shape index (κ2) is 9.57. The Labute approximate surface area is 189 Å². The molecule has 0 aliphatic carbocycles. The van der Waals surface area contributed by atoms with E-state index in [4.69, 9.17) is 0 Å². The van der Waals surface area contributed by atoms with Crippen LogP contribution in [0.15, 0.2) is 53.4 Å². The van der Waals surface area contributed by atoms with E-state index in [1.54, 1.807) is 18.2 Å². The molecule has 2 N–H and O–H groups in total. The highest BCUT2D eigenvalue weighted by atomic mass is 32.2. The number of benzene rings is 2. The fourth-order valence-electron chi connectivity index (χ4n) is 3.46. The Bertz CT molecular complexity index is 1170. The summed E-state index contributed by atoms with van der Waals surface area (Å²) in [6, 6.07) is 13.0. The summed E-state index contributed by atoms with van der Waals surface area (Å²) >= 11 is 0. The molecule has 174 valence electrons. The van der Waals surface area contributed by atoms with Crippen LogP contribution in [0.1, 0.15) is 18.4 Å². The molecule has 1 amide bonds. The van der Waals surface area contributed by atoms with Crippen LogP contribution in [-0.4, -0.2) is 58.5 Å². The summed E-state index contributed by atoms with van der Waals surface area (Å²) in [6.45, 7) is 2.43. The number of amides is 1. The first-order valence-corrected chi connectivity index (χ1v) is 13.0. The Kier molecular flexibility index (Phi) is 7.23. The van der Waals surface area contributed by atoms with Gasteiger partial charge in [-0.1, -0.05) is 12.1 Å². The van der Waals surface area contributed by atoms with Crippen molar-refractivity contribution in [1.82, 2.24) is 8.61 Å². The zero-order valence-corrected chi connectivity index (χ0v) is 19.9. The highest BCUT2D eigenvalue weighted by molar-refractivity contribution is 7.92. The van der Waals surface area contributed by atoms with Crippen molar-refractivity contribution in [3.63, 3.8) is 0 Å². The molecule has 0 spiro atoms. The van der Waals surface area contributed by atoms with Gasteiger partial charge in [0.25, 0.3) is 20.2 Å². The summed E-state index contributed by atoms with van der Waals surface area (Å²) < 4.78 is 54.7. The van der Waals surface area contributed by atoms with Crippen molar-refractivity contribution in [2.45, 2.75) is 24.7 Å². The minimum absolute atomic E-state index is 0.0826. The highest BCUT2D eigenvalue weighted by Crippen LogP contribution is 2.23. The van der Waals surface area contributed by atoms with Crippen LogP contribution in [0.5, 0.6) is 0 Å². The van der Waals surface area contributed by atoms with Crippen LogP contribution < -0.4 is 10.0 Å².